The molecule has 41 heavy (non-hydrogen) atoms. The molecule has 0 aliphatic rings. The van der Waals surface area contributed by atoms with Crippen LogP contribution in [0.1, 0.15) is 40.9 Å². The summed E-state index contributed by atoms with van der Waals surface area (Å²) < 4.78 is 39.9. The molecule has 0 fully saturated rings. The SMILES string of the molecule is CC(C)N(CC(=O)N(CCc1c[nH]c2ccccc12)Cc1ccc(N(C)C)cc1)C(=O)c1cccc(C(F)(F)F)c1. The lowest BCUT2D eigenvalue weighted by atomic mass is 10.1. The fraction of sp³-hybridized carbons (Fsp3) is 0.312. The van der Waals surface area contributed by atoms with Crippen molar-refractivity contribution >= 4 is 28.4 Å². The van der Waals surface area contributed by atoms with E-state index in [1.54, 1.807) is 18.7 Å². The molecule has 0 atom stereocenters. The fourth-order valence-corrected chi connectivity index (χ4v) is 4.73. The molecule has 3 aromatic carbocycles. The Labute approximate surface area is 238 Å². The number of anilines is 1. The Morgan fingerprint density at radius 2 is 1.63 bits per heavy atom. The van der Waals surface area contributed by atoms with Crippen molar-refractivity contribution in [1.29, 1.82) is 0 Å². The Morgan fingerprint density at radius 3 is 2.29 bits per heavy atom. The van der Waals surface area contributed by atoms with Gasteiger partial charge in [-0.1, -0.05) is 36.4 Å². The van der Waals surface area contributed by atoms with Gasteiger partial charge in [-0.25, -0.2) is 0 Å². The number of nitrogens with zero attached hydrogens (tertiary/aromatic N) is 3. The highest BCUT2D eigenvalue weighted by atomic mass is 19.4. The van der Waals surface area contributed by atoms with E-state index in [1.807, 2.05) is 73.7 Å². The van der Waals surface area contributed by atoms with Crippen molar-refractivity contribution in [3.8, 4) is 0 Å². The molecule has 0 aliphatic carbocycles. The molecule has 0 saturated heterocycles. The number of fused-ring (bicyclic) bond motifs is 1. The molecule has 0 bridgehead atoms. The van der Waals surface area contributed by atoms with Crippen LogP contribution >= 0.6 is 0 Å². The third-order valence-corrected chi connectivity index (χ3v) is 7.13. The van der Waals surface area contributed by atoms with E-state index in [9.17, 15) is 22.8 Å². The molecule has 1 aromatic heterocycles. The van der Waals surface area contributed by atoms with Gasteiger partial charge < -0.3 is 19.7 Å². The van der Waals surface area contributed by atoms with Gasteiger partial charge in [0.1, 0.15) is 6.54 Å². The van der Waals surface area contributed by atoms with Gasteiger partial charge in [0, 0.05) is 61.6 Å². The van der Waals surface area contributed by atoms with Crippen LogP contribution in [0.15, 0.2) is 79.0 Å². The summed E-state index contributed by atoms with van der Waals surface area (Å²) in [5.74, 6) is -0.901. The zero-order valence-corrected chi connectivity index (χ0v) is 23.7. The number of aromatic nitrogens is 1. The van der Waals surface area contributed by atoms with E-state index in [0.29, 0.717) is 19.5 Å². The smallest absolute Gasteiger partial charge is 0.378 e. The number of aromatic amines is 1. The van der Waals surface area contributed by atoms with E-state index in [-0.39, 0.29) is 18.0 Å². The number of para-hydroxylation sites is 1. The lowest BCUT2D eigenvalue weighted by molar-refractivity contribution is -0.137. The summed E-state index contributed by atoms with van der Waals surface area (Å²) in [5.41, 5.74) is 3.04. The zero-order valence-electron chi connectivity index (χ0n) is 23.7. The van der Waals surface area contributed by atoms with E-state index >= 15 is 0 Å². The van der Waals surface area contributed by atoms with Crippen molar-refractivity contribution in [2.75, 3.05) is 32.1 Å². The monoisotopic (exact) mass is 564 g/mol. The first kappa shape index (κ1) is 29.7. The number of hydrogen-bond donors (Lipinski definition) is 1. The second kappa shape index (κ2) is 12.5. The summed E-state index contributed by atoms with van der Waals surface area (Å²) in [5, 5.41) is 1.08. The van der Waals surface area contributed by atoms with Gasteiger partial charge in [-0.3, -0.25) is 9.59 Å². The van der Waals surface area contributed by atoms with Gasteiger partial charge in [0.25, 0.3) is 5.91 Å². The number of benzene rings is 3. The second-order valence-electron chi connectivity index (χ2n) is 10.6. The van der Waals surface area contributed by atoms with E-state index in [2.05, 4.69) is 4.98 Å². The molecular formula is C32H35F3N4O2. The molecule has 0 aliphatic heterocycles. The van der Waals surface area contributed by atoms with Crippen LogP contribution < -0.4 is 4.90 Å². The third-order valence-electron chi connectivity index (χ3n) is 7.13. The van der Waals surface area contributed by atoms with Crippen molar-refractivity contribution in [2.45, 2.75) is 39.0 Å². The van der Waals surface area contributed by atoms with Gasteiger partial charge in [0.15, 0.2) is 0 Å². The molecule has 1 heterocycles. The van der Waals surface area contributed by atoms with E-state index in [0.717, 1.165) is 39.8 Å². The number of alkyl halides is 3. The van der Waals surface area contributed by atoms with E-state index in [1.165, 1.54) is 17.0 Å². The fourth-order valence-electron chi connectivity index (χ4n) is 4.73. The predicted molar refractivity (Wildman–Crippen MR) is 156 cm³/mol. The lowest BCUT2D eigenvalue weighted by Gasteiger charge is -2.30. The summed E-state index contributed by atoms with van der Waals surface area (Å²) >= 11 is 0. The van der Waals surface area contributed by atoms with Crippen LogP contribution in [-0.4, -0.2) is 59.8 Å². The van der Waals surface area contributed by atoms with E-state index in [4.69, 9.17) is 0 Å². The first-order valence-corrected chi connectivity index (χ1v) is 13.5. The number of amides is 2. The first-order valence-electron chi connectivity index (χ1n) is 13.5. The molecule has 0 spiro atoms. The molecule has 2 amide bonds. The molecule has 6 nitrogen and oxygen atoms in total. The van der Waals surface area contributed by atoms with Crippen LogP contribution in [0.4, 0.5) is 18.9 Å². The Kier molecular flexibility index (Phi) is 9.05. The average molecular weight is 565 g/mol. The highest BCUT2D eigenvalue weighted by molar-refractivity contribution is 5.97. The largest absolute Gasteiger partial charge is 0.416 e. The molecule has 0 saturated carbocycles. The van der Waals surface area contributed by atoms with Crippen molar-refractivity contribution in [3.05, 3.63) is 101 Å². The molecular weight excluding hydrogens is 529 g/mol. The maximum atomic E-state index is 13.8. The molecule has 4 aromatic rings. The third kappa shape index (κ3) is 7.28. The van der Waals surface area contributed by atoms with Gasteiger partial charge in [-0.05, 0) is 67.8 Å². The summed E-state index contributed by atoms with van der Waals surface area (Å²) in [7, 11) is 3.90. The molecule has 0 unspecified atom stereocenters. The van der Waals surface area contributed by atoms with Gasteiger partial charge in [-0.2, -0.15) is 13.2 Å². The van der Waals surface area contributed by atoms with Gasteiger partial charge in [-0.15, -0.1) is 0 Å². The van der Waals surface area contributed by atoms with Crippen LogP contribution in [0, 0.1) is 0 Å². The predicted octanol–water partition coefficient (Wildman–Crippen LogP) is 6.37. The van der Waals surface area contributed by atoms with Gasteiger partial charge in [0.2, 0.25) is 5.91 Å². The van der Waals surface area contributed by atoms with Crippen LogP contribution in [0.25, 0.3) is 10.9 Å². The highest BCUT2D eigenvalue weighted by Crippen LogP contribution is 2.30. The quantitative estimate of drug-likeness (QED) is 0.243. The van der Waals surface area contributed by atoms with Crippen molar-refractivity contribution in [3.63, 3.8) is 0 Å². The minimum atomic E-state index is -4.57. The van der Waals surface area contributed by atoms with Crippen molar-refractivity contribution in [2.24, 2.45) is 0 Å². The second-order valence-corrected chi connectivity index (χ2v) is 10.6. The van der Waals surface area contributed by atoms with Gasteiger partial charge >= 0.3 is 6.18 Å². The summed E-state index contributed by atoms with van der Waals surface area (Å²) in [6.45, 7) is 3.97. The van der Waals surface area contributed by atoms with Crippen LogP contribution in [-0.2, 0) is 23.9 Å². The Morgan fingerprint density at radius 1 is 0.927 bits per heavy atom. The Hall–Kier alpha value is -4.27. The summed E-state index contributed by atoms with van der Waals surface area (Å²) in [6, 6.07) is 19.8. The minimum absolute atomic E-state index is 0.106. The maximum absolute atomic E-state index is 13.8. The van der Waals surface area contributed by atoms with E-state index < -0.39 is 23.7 Å². The standard InChI is InChI=1S/C32H35F3N4O2/c1-22(2)39(31(41)24-8-7-9-26(18-24)32(33,34)35)21-30(40)38(20-23-12-14-27(15-13-23)37(3)4)17-16-25-19-36-29-11-6-5-10-28(25)29/h5-15,18-19,22,36H,16-17,20-21H2,1-4H3. The molecule has 9 heteroatoms. The topological polar surface area (TPSA) is 59.7 Å². The lowest BCUT2D eigenvalue weighted by Crippen LogP contribution is -2.46. The van der Waals surface area contributed by atoms with Crippen LogP contribution in [0.5, 0.6) is 0 Å². The first-order chi connectivity index (χ1) is 19.4. The number of H-pyrrole nitrogens is 1. The summed E-state index contributed by atoms with van der Waals surface area (Å²) in [4.78, 5) is 35.4. The zero-order chi connectivity index (χ0) is 29.7. The number of hydrogen-bond acceptors (Lipinski definition) is 3. The Bertz CT molecular complexity index is 1490. The minimum Gasteiger partial charge on any atom is -0.378 e. The number of halogens is 3. The van der Waals surface area contributed by atoms with Crippen LogP contribution in [0.3, 0.4) is 0 Å². The Balaban J connectivity index is 1.57. The number of carbonyl (C=O) groups is 2. The number of nitrogens with one attached hydrogen (secondary N) is 1. The maximum Gasteiger partial charge on any atom is 0.416 e. The van der Waals surface area contributed by atoms with Crippen LogP contribution in [0.2, 0.25) is 0 Å². The van der Waals surface area contributed by atoms with Crippen molar-refractivity contribution < 1.29 is 22.8 Å². The normalized spacial score (nSPS) is 11.6. The molecule has 216 valence electrons. The highest BCUT2D eigenvalue weighted by Gasteiger charge is 2.32. The summed E-state index contributed by atoms with van der Waals surface area (Å²) in [6.07, 6.45) is -2.04. The molecule has 4 rings (SSSR count). The molecule has 1 N–H and O–H groups in total. The average Bonchev–Trinajstić information content (AvgIpc) is 3.36. The number of carbonyl (C=O) groups excluding carboxylic acids is 2. The van der Waals surface area contributed by atoms with Crippen molar-refractivity contribution in [1.82, 2.24) is 14.8 Å². The van der Waals surface area contributed by atoms with Gasteiger partial charge in [0.05, 0.1) is 5.56 Å². The molecule has 0 radical (unpaired) electrons. The number of rotatable bonds is 10.